The summed E-state index contributed by atoms with van der Waals surface area (Å²) in [4.78, 5) is 80.9. The number of ketones is 1. The first-order valence-corrected chi connectivity index (χ1v) is 22.5. The van der Waals surface area contributed by atoms with Gasteiger partial charge in [0.25, 0.3) is 11.8 Å². The van der Waals surface area contributed by atoms with Crippen molar-refractivity contribution in [3.63, 3.8) is 0 Å². The number of hydrogen-bond acceptors (Lipinski definition) is 12. The van der Waals surface area contributed by atoms with Gasteiger partial charge in [0.15, 0.2) is 23.3 Å². The molecule has 12 atom stereocenters. The molecule has 4 fully saturated rings. The quantitative estimate of drug-likeness (QED) is 0.147. The van der Waals surface area contributed by atoms with Gasteiger partial charge in [0, 0.05) is 65.4 Å². The SMILES string of the molecule is C=C1C=C[C@@]2(C)C(=C1)CC[C@H]1[C@@H]3C[C@H]4O[C@@H](c5ccc(N[C@@H](C)c6ccc(NC(=O)[C@H](C)NC(=O)[C@H](C)NC(=O)CCN7C(=O)C=CC7=O)cc6)nc5)O[C@@]4(C(=O)CO)[C@@]3(C)C[C@H](O)[C@@]12F. The molecule has 0 bridgehead atoms. The van der Waals surface area contributed by atoms with Crippen molar-refractivity contribution >= 4 is 46.8 Å². The molecule has 0 spiro atoms. The number of halogens is 1. The van der Waals surface area contributed by atoms with Crippen molar-refractivity contribution < 1.29 is 52.8 Å². The Hall–Kier alpha value is -5.88. The van der Waals surface area contributed by atoms with Crippen molar-refractivity contribution in [3.05, 3.63) is 102 Å². The Balaban J connectivity index is 0.850. The van der Waals surface area contributed by atoms with Crippen LogP contribution in [-0.4, -0.2) is 104 Å². The Labute approximate surface area is 382 Å². The van der Waals surface area contributed by atoms with E-state index < -0.39 is 101 Å². The molecule has 17 heteroatoms. The third-order valence-electron chi connectivity index (χ3n) is 15.1. The number of aliphatic hydroxyl groups excluding tert-OH is 2. The number of benzene rings is 1. The number of ether oxygens (including phenoxy) is 2. The molecule has 1 aromatic heterocycles. The second-order valence-corrected chi connectivity index (χ2v) is 18.9. The number of carbonyl (C=O) groups is 6. The van der Waals surface area contributed by atoms with E-state index in [-0.39, 0.29) is 31.3 Å². The van der Waals surface area contributed by atoms with E-state index in [0.717, 1.165) is 33.8 Å². The number of aromatic nitrogens is 1. The Morgan fingerprint density at radius 1 is 0.970 bits per heavy atom. The van der Waals surface area contributed by atoms with Crippen LogP contribution < -0.4 is 21.3 Å². The number of hydrogen-bond donors (Lipinski definition) is 6. The normalized spacial score (nSPS) is 33.2. The molecule has 5 amide bonds. The molecule has 6 N–H and O–H groups in total. The molecule has 0 radical (unpaired) electrons. The second kappa shape index (κ2) is 17.4. The maximum atomic E-state index is 17.8. The number of anilines is 2. The van der Waals surface area contributed by atoms with Crippen LogP contribution in [0.4, 0.5) is 15.9 Å². The lowest BCUT2D eigenvalue weighted by molar-refractivity contribution is -0.231. The fraction of sp³-hybridized carbons (Fsp3) is 0.490. The summed E-state index contributed by atoms with van der Waals surface area (Å²) in [6, 6.07) is 8.47. The number of Topliss-reactive ketones (excluding diaryl/α,β-unsaturated/α-hetero) is 1. The molecule has 2 aliphatic heterocycles. The van der Waals surface area contributed by atoms with Gasteiger partial charge >= 0.3 is 0 Å². The molecule has 0 unspecified atom stereocenters. The summed E-state index contributed by atoms with van der Waals surface area (Å²) in [5.41, 5.74) is -2.08. The van der Waals surface area contributed by atoms with Crippen LogP contribution in [0, 0.1) is 22.7 Å². The van der Waals surface area contributed by atoms with Gasteiger partial charge in [-0.3, -0.25) is 33.7 Å². The lowest BCUT2D eigenvalue weighted by atomic mass is 9.44. The molecule has 8 rings (SSSR count). The monoisotopic (exact) mass is 908 g/mol. The first kappa shape index (κ1) is 46.6. The minimum Gasteiger partial charge on any atom is -0.390 e. The molecule has 16 nitrogen and oxygen atoms in total. The van der Waals surface area contributed by atoms with Gasteiger partial charge in [0.05, 0.1) is 12.2 Å². The van der Waals surface area contributed by atoms with Gasteiger partial charge in [0.2, 0.25) is 17.7 Å². The fourth-order valence-electron chi connectivity index (χ4n) is 11.5. The number of pyridine rings is 1. The van der Waals surface area contributed by atoms with Gasteiger partial charge in [-0.1, -0.05) is 49.4 Å². The van der Waals surface area contributed by atoms with Crippen molar-refractivity contribution in [3.8, 4) is 0 Å². The van der Waals surface area contributed by atoms with E-state index in [1.165, 1.54) is 13.8 Å². The van der Waals surface area contributed by atoms with E-state index in [4.69, 9.17) is 9.47 Å². The predicted octanol–water partition coefficient (Wildman–Crippen LogP) is 4.20. The van der Waals surface area contributed by atoms with Crippen molar-refractivity contribution in [2.45, 2.75) is 115 Å². The molecule has 350 valence electrons. The van der Waals surface area contributed by atoms with E-state index in [1.807, 2.05) is 51.1 Å². The van der Waals surface area contributed by atoms with Crippen LogP contribution >= 0.6 is 0 Å². The van der Waals surface area contributed by atoms with Crippen LogP contribution in [0.15, 0.2) is 90.7 Å². The number of alkyl halides is 1. The number of fused-ring (bicyclic) bond motifs is 7. The highest BCUT2D eigenvalue weighted by atomic mass is 19.1. The number of nitrogens with one attached hydrogen (secondary N) is 4. The molecular formula is C49H57FN6O10. The van der Waals surface area contributed by atoms with E-state index in [0.29, 0.717) is 36.3 Å². The number of rotatable bonds is 14. The van der Waals surface area contributed by atoms with Crippen LogP contribution in [-0.2, 0) is 38.2 Å². The number of allylic oxidation sites excluding steroid dienone is 5. The molecule has 3 saturated carbocycles. The summed E-state index contributed by atoms with van der Waals surface area (Å²) >= 11 is 0. The standard InChI is InChI=1S/C49H57FN6O10/c1-26-17-19-46(5)32(21-26)10-13-34-35-22-38-49(37(59)25-57,47(35,6)23-36(58)48(34,46)50)66-45(65-38)31-9-14-39(51-24-31)52-27(2)30-7-11-33(12-8-30)55-44(64)29(4)54-43(63)28(3)53-40(60)18-20-56-41(61)15-16-42(56)62/h7-9,11-12,14-17,19,21,24,27-29,34-36,38,45,57-58H,1,10,13,18,20,22-23,25H2,2-6H3,(H,51,52)(H,53,60)(H,54,63)(H,55,64)/t27-,28-,29-,34-,35-,36-,38+,45+,46-,47-,48-,49+/m0/s1. The summed E-state index contributed by atoms with van der Waals surface area (Å²) in [6.45, 7) is 11.7. The van der Waals surface area contributed by atoms with Crippen molar-refractivity contribution in [1.29, 1.82) is 0 Å². The number of nitrogens with zero attached hydrogens (tertiary/aromatic N) is 2. The third kappa shape index (κ3) is 7.68. The number of aliphatic hydroxyl groups is 2. The molecule has 4 aliphatic carbocycles. The summed E-state index contributed by atoms with van der Waals surface area (Å²) in [5.74, 6) is -3.61. The number of carbonyl (C=O) groups excluding carboxylic acids is 6. The summed E-state index contributed by atoms with van der Waals surface area (Å²) in [7, 11) is 0. The minimum atomic E-state index is -1.99. The topological polar surface area (TPSA) is 226 Å². The van der Waals surface area contributed by atoms with Crippen LogP contribution in [0.3, 0.4) is 0 Å². The van der Waals surface area contributed by atoms with Gasteiger partial charge in [-0.05, 0) is 94.7 Å². The maximum absolute atomic E-state index is 17.8. The average Bonchev–Trinajstić information content (AvgIpc) is 3.91. The molecular weight excluding hydrogens is 852 g/mol. The number of imide groups is 1. The third-order valence-corrected chi connectivity index (χ3v) is 15.1. The van der Waals surface area contributed by atoms with Crippen LogP contribution in [0.5, 0.6) is 0 Å². The summed E-state index contributed by atoms with van der Waals surface area (Å²) in [6.07, 6.45) is 7.41. The first-order valence-electron chi connectivity index (χ1n) is 22.5. The van der Waals surface area contributed by atoms with E-state index in [1.54, 1.807) is 30.5 Å². The van der Waals surface area contributed by atoms with Crippen LogP contribution in [0.1, 0.15) is 90.2 Å². The van der Waals surface area contributed by atoms with E-state index in [2.05, 4.69) is 32.8 Å². The van der Waals surface area contributed by atoms with Gasteiger partial charge < -0.3 is 41.0 Å². The minimum absolute atomic E-state index is 0.0526. The van der Waals surface area contributed by atoms with Crippen molar-refractivity contribution in [1.82, 2.24) is 20.5 Å². The lowest BCUT2D eigenvalue weighted by Gasteiger charge is -2.62. The van der Waals surface area contributed by atoms with Crippen LogP contribution in [0.25, 0.3) is 0 Å². The summed E-state index contributed by atoms with van der Waals surface area (Å²) in [5, 5.41) is 33.4. The smallest absolute Gasteiger partial charge is 0.253 e. The van der Waals surface area contributed by atoms with E-state index in [9.17, 15) is 39.0 Å². The predicted molar refractivity (Wildman–Crippen MR) is 238 cm³/mol. The Morgan fingerprint density at radius 2 is 1.67 bits per heavy atom. The van der Waals surface area contributed by atoms with Crippen molar-refractivity contribution in [2.75, 3.05) is 23.8 Å². The Bertz CT molecular complexity index is 2420. The average molecular weight is 909 g/mol. The largest absolute Gasteiger partial charge is 0.390 e. The second-order valence-electron chi connectivity index (χ2n) is 18.9. The highest BCUT2D eigenvalue weighted by Gasteiger charge is 2.79. The molecule has 1 saturated heterocycles. The molecule has 3 heterocycles. The lowest BCUT2D eigenvalue weighted by Crippen LogP contribution is -2.69. The molecule has 2 aromatic rings. The van der Waals surface area contributed by atoms with Crippen LogP contribution in [0.2, 0.25) is 0 Å². The van der Waals surface area contributed by atoms with Gasteiger partial charge in [-0.25, -0.2) is 9.37 Å². The summed E-state index contributed by atoms with van der Waals surface area (Å²) < 4.78 is 31.0. The zero-order valence-electron chi connectivity index (χ0n) is 37.6. The van der Waals surface area contributed by atoms with Gasteiger partial charge in [0.1, 0.15) is 24.5 Å². The van der Waals surface area contributed by atoms with Crippen molar-refractivity contribution in [2.24, 2.45) is 22.7 Å². The number of amides is 5. The van der Waals surface area contributed by atoms with Gasteiger partial charge in [-0.15, -0.1) is 0 Å². The highest BCUT2D eigenvalue weighted by molar-refractivity contribution is 6.13. The molecule has 6 aliphatic rings. The van der Waals surface area contributed by atoms with Gasteiger partial charge in [-0.2, -0.15) is 0 Å². The zero-order chi connectivity index (χ0) is 47.5. The first-order chi connectivity index (χ1) is 31.2. The highest BCUT2D eigenvalue weighted by Crippen LogP contribution is 2.72. The molecule has 1 aromatic carbocycles. The molecule has 66 heavy (non-hydrogen) atoms. The maximum Gasteiger partial charge on any atom is 0.253 e. The Kier molecular flexibility index (Phi) is 12.3. The van der Waals surface area contributed by atoms with E-state index >= 15 is 4.39 Å². The fourth-order valence-corrected chi connectivity index (χ4v) is 11.5. The zero-order valence-corrected chi connectivity index (χ0v) is 37.6. The Morgan fingerprint density at radius 3 is 2.33 bits per heavy atom.